The molecule has 0 spiro atoms. The highest BCUT2D eigenvalue weighted by Gasteiger charge is 2.33. The lowest BCUT2D eigenvalue weighted by Crippen LogP contribution is -2.31. The lowest BCUT2D eigenvalue weighted by atomic mass is 9.95. The summed E-state index contributed by atoms with van der Waals surface area (Å²) < 4.78 is 17.6. The molecule has 9 heteroatoms. The highest BCUT2D eigenvalue weighted by molar-refractivity contribution is 6.06. The van der Waals surface area contributed by atoms with E-state index in [-0.39, 0.29) is 5.91 Å². The van der Waals surface area contributed by atoms with Gasteiger partial charge < -0.3 is 24.8 Å². The van der Waals surface area contributed by atoms with Gasteiger partial charge >= 0.3 is 0 Å². The predicted molar refractivity (Wildman–Crippen MR) is 116 cm³/mol. The fourth-order valence-electron chi connectivity index (χ4n) is 3.58. The third kappa shape index (κ3) is 3.77. The molecule has 2 heterocycles. The maximum atomic E-state index is 13.5. The summed E-state index contributed by atoms with van der Waals surface area (Å²) in [6.07, 6.45) is 1.46. The molecular formula is C22H23N5O4. The van der Waals surface area contributed by atoms with Crippen LogP contribution in [0.2, 0.25) is 0 Å². The molecule has 31 heavy (non-hydrogen) atoms. The van der Waals surface area contributed by atoms with E-state index < -0.39 is 6.04 Å². The van der Waals surface area contributed by atoms with Gasteiger partial charge in [0.2, 0.25) is 5.95 Å². The molecule has 0 fully saturated rings. The zero-order chi connectivity index (χ0) is 22.0. The SMILES string of the molecule is COc1ccc([C@@H]2C(C(=O)Nc3cc(OC)ccc3OC)=C(C)Nc3ncnn32)cc1. The molecule has 0 saturated heterocycles. The van der Waals surface area contributed by atoms with Gasteiger partial charge in [-0.2, -0.15) is 10.1 Å². The first-order chi connectivity index (χ1) is 15.0. The van der Waals surface area contributed by atoms with Crippen LogP contribution < -0.4 is 24.8 Å². The Morgan fingerprint density at radius 3 is 2.42 bits per heavy atom. The van der Waals surface area contributed by atoms with E-state index in [2.05, 4.69) is 20.7 Å². The first-order valence-corrected chi connectivity index (χ1v) is 9.60. The van der Waals surface area contributed by atoms with Crippen molar-refractivity contribution < 1.29 is 19.0 Å². The van der Waals surface area contributed by atoms with Gasteiger partial charge in [0, 0.05) is 11.8 Å². The van der Waals surface area contributed by atoms with Gasteiger partial charge in [-0.1, -0.05) is 12.1 Å². The Balaban J connectivity index is 1.75. The fraction of sp³-hybridized carbons (Fsp3) is 0.227. The first kappa shape index (κ1) is 20.3. The van der Waals surface area contributed by atoms with Gasteiger partial charge in [-0.25, -0.2) is 4.68 Å². The number of nitrogens with one attached hydrogen (secondary N) is 2. The Morgan fingerprint density at radius 2 is 1.74 bits per heavy atom. The van der Waals surface area contributed by atoms with E-state index in [1.165, 1.54) is 6.33 Å². The monoisotopic (exact) mass is 421 g/mol. The molecule has 0 aliphatic carbocycles. The molecule has 1 aliphatic rings. The van der Waals surface area contributed by atoms with Crippen LogP contribution in [0.5, 0.6) is 17.2 Å². The number of carbonyl (C=O) groups excluding carboxylic acids is 1. The molecule has 0 unspecified atom stereocenters. The lowest BCUT2D eigenvalue weighted by molar-refractivity contribution is -0.113. The topological polar surface area (TPSA) is 99.5 Å². The second-order valence-corrected chi connectivity index (χ2v) is 6.89. The molecule has 9 nitrogen and oxygen atoms in total. The number of methoxy groups -OCH3 is 3. The van der Waals surface area contributed by atoms with E-state index in [9.17, 15) is 4.79 Å². The number of rotatable bonds is 6. The third-order valence-corrected chi connectivity index (χ3v) is 5.13. The Morgan fingerprint density at radius 1 is 1.03 bits per heavy atom. The average Bonchev–Trinajstić information content (AvgIpc) is 3.26. The van der Waals surface area contributed by atoms with E-state index in [1.54, 1.807) is 44.2 Å². The van der Waals surface area contributed by atoms with Crippen LogP contribution in [0.15, 0.2) is 60.1 Å². The molecule has 160 valence electrons. The molecule has 4 rings (SSSR count). The lowest BCUT2D eigenvalue weighted by Gasteiger charge is -2.29. The number of hydrogen-bond donors (Lipinski definition) is 2. The summed E-state index contributed by atoms with van der Waals surface area (Å²) >= 11 is 0. The number of benzene rings is 2. The third-order valence-electron chi connectivity index (χ3n) is 5.13. The summed E-state index contributed by atoms with van der Waals surface area (Å²) in [6, 6.07) is 12.3. The van der Waals surface area contributed by atoms with Crippen molar-refractivity contribution in [1.82, 2.24) is 14.8 Å². The van der Waals surface area contributed by atoms with Crippen LogP contribution in [0.3, 0.4) is 0 Å². The number of hydrogen-bond acceptors (Lipinski definition) is 7. The minimum absolute atomic E-state index is 0.293. The standard InChI is InChI=1S/C22H23N5O4/c1-13-19(21(28)26-17-11-16(30-3)9-10-18(17)31-4)20(27-22(25-13)23-12-24-27)14-5-7-15(29-2)8-6-14/h5-12,20H,1-4H3,(H,26,28)(H,23,24,25)/t20-/m1/s1. The Labute approximate surface area is 179 Å². The molecule has 2 aromatic carbocycles. The first-order valence-electron chi connectivity index (χ1n) is 9.60. The Bertz CT molecular complexity index is 1140. The zero-order valence-electron chi connectivity index (χ0n) is 17.7. The number of amides is 1. The molecule has 1 aliphatic heterocycles. The smallest absolute Gasteiger partial charge is 0.255 e. The van der Waals surface area contributed by atoms with Gasteiger partial charge in [-0.3, -0.25) is 4.79 Å². The largest absolute Gasteiger partial charge is 0.497 e. The summed E-state index contributed by atoms with van der Waals surface area (Å²) in [4.78, 5) is 17.8. The Hall–Kier alpha value is -4.01. The van der Waals surface area contributed by atoms with Crippen molar-refractivity contribution in [1.29, 1.82) is 0 Å². The van der Waals surface area contributed by atoms with Crippen molar-refractivity contribution >= 4 is 17.5 Å². The van der Waals surface area contributed by atoms with Crippen LogP contribution in [0.25, 0.3) is 0 Å². The summed E-state index contributed by atoms with van der Waals surface area (Å²) in [5.41, 5.74) is 2.56. The van der Waals surface area contributed by atoms with Gasteiger partial charge in [-0.15, -0.1) is 0 Å². The molecule has 0 saturated carbocycles. The number of anilines is 2. The van der Waals surface area contributed by atoms with Gasteiger partial charge in [-0.05, 0) is 36.8 Å². The molecule has 1 atom stereocenters. The number of fused-ring (bicyclic) bond motifs is 1. The van der Waals surface area contributed by atoms with E-state index in [0.29, 0.717) is 34.4 Å². The molecular weight excluding hydrogens is 398 g/mol. The van der Waals surface area contributed by atoms with Gasteiger partial charge in [0.05, 0.1) is 32.6 Å². The van der Waals surface area contributed by atoms with E-state index in [1.807, 2.05) is 31.2 Å². The van der Waals surface area contributed by atoms with Crippen LogP contribution in [0, 0.1) is 0 Å². The van der Waals surface area contributed by atoms with Crippen molar-refractivity contribution in [2.45, 2.75) is 13.0 Å². The predicted octanol–water partition coefficient (Wildman–Crippen LogP) is 3.23. The average molecular weight is 421 g/mol. The van der Waals surface area contributed by atoms with Crippen LogP contribution >= 0.6 is 0 Å². The van der Waals surface area contributed by atoms with Crippen molar-refractivity contribution in [2.24, 2.45) is 0 Å². The van der Waals surface area contributed by atoms with Gasteiger partial charge in [0.15, 0.2) is 0 Å². The molecule has 1 aromatic heterocycles. The minimum Gasteiger partial charge on any atom is -0.497 e. The summed E-state index contributed by atoms with van der Waals surface area (Å²) in [5, 5.41) is 10.5. The number of aromatic nitrogens is 3. The van der Waals surface area contributed by atoms with Crippen LogP contribution in [0.4, 0.5) is 11.6 Å². The highest BCUT2D eigenvalue weighted by Crippen LogP contribution is 2.37. The molecule has 3 aromatic rings. The summed E-state index contributed by atoms with van der Waals surface area (Å²) in [7, 11) is 4.72. The highest BCUT2D eigenvalue weighted by atomic mass is 16.5. The quantitative estimate of drug-likeness (QED) is 0.630. The van der Waals surface area contributed by atoms with Gasteiger partial charge in [0.25, 0.3) is 5.91 Å². The minimum atomic E-state index is -0.471. The molecule has 1 amide bonds. The number of allylic oxidation sites excluding steroid dienone is 1. The Kier molecular flexibility index (Phi) is 5.48. The van der Waals surface area contributed by atoms with Crippen LogP contribution in [0.1, 0.15) is 18.5 Å². The van der Waals surface area contributed by atoms with E-state index in [0.717, 1.165) is 11.3 Å². The molecule has 0 bridgehead atoms. The number of carbonyl (C=O) groups is 1. The summed E-state index contributed by atoms with van der Waals surface area (Å²) in [6.45, 7) is 1.84. The summed E-state index contributed by atoms with van der Waals surface area (Å²) in [5.74, 6) is 2.13. The van der Waals surface area contributed by atoms with Crippen molar-refractivity contribution in [2.75, 3.05) is 32.0 Å². The van der Waals surface area contributed by atoms with Gasteiger partial charge in [0.1, 0.15) is 29.6 Å². The van der Waals surface area contributed by atoms with E-state index >= 15 is 0 Å². The van der Waals surface area contributed by atoms with Crippen molar-refractivity contribution in [3.63, 3.8) is 0 Å². The maximum Gasteiger partial charge on any atom is 0.255 e. The van der Waals surface area contributed by atoms with Crippen molar-refractivity contribution in [3.8, 4) is 17.2 Å². The number of nitrogens with zero attached hydrogens (tertiary/aromatic N) is 3. The number of ether oxygens (including phenoxy) is 3. The molecule has 0 radical (unpaired) electrons. The van der Waals surface area contributed by atoms with Crippen molar-refractivity contribution in [3.05, 3.63) is 65.6 Å². The second-order valence-electron chi connectivity index (χ2n) is 6.89. The van der Waals surface area contributed by atoms with Crippen LogP contribution in [-0.2, 0) is 4.79 Å². The van der Waals surface area contributed by atoms with E-state index in [4.69, 9.17) is 14.2 Å². The normalized spacial score (nSPS) is 15.0. The fourth-order valence-corrected chi connectivity index (χ4v) is 3.58. The second kappa shape index (κ2) is 8.39. The molecule has 2 N–H and O–H groups in total. The van der Waals surface area contributed by atoms with Crippen LogP contribution in [-0.4, -0.2) is 42.0 Å². The maximum absolute atomic E-state index is 13.5. The zero-order valence-corrected chi connectivity index (χ0v) is 17.7.